The molecule has 1 aromatic heterocycles. The predicted octanol–water partition coefficient (Wildman–Crippen LogP) is 1.97. The highest BCUT2D eigenvalue weighted by molar-refractivity contribution is 6.04. The highest BCUT2D eigenvalue weighted by atomic mass is 16.5. The van der Waals surface area contributed by atoms with Gasteiger partial charge in [-0.2, -0.15) is 0 Å². The Morgan fingerprint density at radius 2 is 1.89 bits per heavy atom. The molecule has 1 aliphatic heterocycles. The Hall–Kier alpha value is -3.00. The van der Waals surface area contributed by atoms with Crippen molar-refractivity contribution in [2.24, 2.45) is 0 Å². The van der Waals surface area contributed by atoms with Gasteiger partial charge in [-0.3, -0.25) is 4.79 Å². The fourth-order valence-electron chi connectivity index (χ4n) is 3.16. The van der Waals surface area contributed by atoms with Crippen LogP contribution in [-0.2, 0) is 4.74 Å². The number of hydrogen-bond acceptors (Lipinski definition) is 7. The van der Waals surface area contributed by atoms with Gasteiger partial charge in [0.05, 0.1) is 12.7 Å². The third-order valence-corrected chi connectivity index (χ3v) is 4.74. The number of nitrogens with one attached hydrogen (secondary N) is 1. The summed E-state index contributed by atoms with van der Waals surface area (Å²) in [5.41, 5.74) is 1.17. The molecule has 2 aromatic rings. The minimum Gasteiger partial charge on any atom is -0.465 e. The van der Waals surface area contributed by atoms with E-state index in [0.717, 1.165) is 38.5 Å². The van der Waals surface area contributed by atoms with Crippen LogP contribution in [-0.4, -0.2) is 66.6 Å². The number of carbonyl (C=O) groups excluding carboxylic acids is 2. The van der Waals surface area contributed by atoms with E-state index in [1.807, 2.05) is 0 Å². The van der Waals surface area contributed by atoms with E-state index in [-0.39, 0.29) is 5.91 Å². The molecule has 0 saturated carbocycles. The molecular weight excluding hydrogens is 358 g/mol. The highest BCUT2D eigenvalue weighted by Crippen LogP contribution is 2.17. The second-order valence-corrected chi connectivity index (χ2v) is 6.61. The summed E-state index contributed by atoms with van der Waals surface area (Å²) in [7, 11) is 1.32. The molecule has 1 amide bonds. The average Bonchev–Trinajstić information content (AvgIpc) is 2.73. The first-order chi connectivity index (χ1) is 13.5. The fraction of sp³-hybridized carbons (Fsp3) is 0.400. The van der Waals surface area contributed by atoms with E-state index >= 15 is 0 Å². The first-order valence-corrected chi connectivity index (χ1v) is 9.33. The van der Waals surface area contributed by atoms with Crippen LogP contribution in [0, 0.1) is 6.92 Å². The monoisotopic (exact) mass is 383 g/mol. The topological polar surface area (TPSA) is 87.7 Å². The van der Waals surface area contributed by atoms with Gasteiger partial charge in [0.15, 0.2) is 0 Å². The summed E-state index contributed by atoms with van der Waals surface area (Å²) in [6.07, 6.45) is 0. The van der Waals surface area contributed by atoms with Crippen molar-refractivity contribution < 1.29 is 14.3 Å². The quantitative estimate of drug-likeness (QED) is 0.790. The molecule has 0 spiro atoms. The fourth-order valence-corrected chi connectivity index (χ4v) is 3.16. The number of methoxy groups -OCH3 is 1. The van der Waals surface area contributed by atoms with Gasteiger partial charge >= 0.3 is 5.97 Å². The number of rotatable bonds is 5. The summed E-state index contributed by atoms with van der Waals surface area (Å²) >= 11 is 0. The lowest BCUT2D eigenvalue weighted by molar-refractivity contribution is 0.0600. The minimum atomic E-state index is -0.456. The molecule has 1 aliphatic rings. The number of hydrogen-bond donors (Lipinski definition) is 1. The first kappa shape index (κ1) is 19.8. The number of ether oxygens (including phenoxy) is 1. The van der Waals surface area contributed by atoms with E-state index in [0.29, 0.717) is 22.8 Å². The molecule has 148 valence electrons. The van der Waals surface area contributed by atoms with Crippen molar-refractivity contribution in [1.29, 1.82) is 0 Å². The number of anilines is 2. The lowest BCUT2D eigenvalue weighted by atomic mass is 10.2. The van der Waals surface area contributed by atoms with Gasteiger partial charge in [-0.1, -0.05) is 13.0 Å². The van der Waals surface area contributed by atoms with Crippen molar-refractivity contribution in [2.45, 2.75) is 13.8 Å². The molecule has 0 bridgehead atoms. The molecule has 0 radical (unpaired) electrons. The lowest BCUT2D eigenvalue weighted by Gasteiger charge is -2.34. The Labute approximate surface area is 164 Å². The molecule has 28 heavy (non-hydrogen) atoms. The van der Waals surface area contributed by atoms with Gasteiger partial charge in [-0.15, -0.1) is 0 Å². The zero-order valence-corrected chi connectivity index (χ0v) is 16.4. The number of nitrogens with zero attached hydrogens (tertiary/aromatic N) is 4. The van der Waals surface area contributed by atoms with Crippen LogP contribution in [0.2, 0.25) is 0 Å². The Balaban J connectivity index is 1.75. The maximum atomic E-state index is 12.7. The summed E-state index contributed by atoms with van der Waals surface area (Å²) in [6, 6.07) is 8.32. The van der Waals surface area contributed by atoms with E-state index in [2.05, 4.69) is 32.0 Å². The number of benzene rings is 1. The van der Waals surface area contributed by atoms with Crippen molar-refractivity contribution in [1.82, 2.24) is 14.9 Å². The Morgan fingerprint density at radius 1 is 1.14 bits per heavy atom. The van der Waals surface area contributed by atoms with Crippen molar-refractivity contribution in [3.63, 3.8) is 0 Å². The second-order valence-electron chi connectivity index (χ2n) is 6.61. The second kappa shape index (κ2) is 8.79. The van der Waals surface area contributed by atoms with Gasteiger partial charge in [0, 0.05) is 37.9 Å². The molecule has 1 saturated heterocycles. The van der Waals surface area contributed by atoms with Crippen LogP contribution >= 0.6 is 0 Å². The van der Waals surface area contributed by atoms with Gasteiger partial charge in [0.25, 0.3) is 5.91 Å². The van der Waals surface area contributed by atoms with Crippen LogP contribution in [0.3, 0.4) is 0 Å². The number of amides is 1. The Kier molecular flexibility index (Phi) is 6.20. The molecule has 3 rings (SSSR count). The number of aromatic nitrogens is 2. The van der Waals surface area contributed by atoms with Crippen molar-refractivity contribution in [2.75, 3.05) is 50.1 Å². The van der Waals surface area contributed by atoms with Gasteiger partial charge in [0.1, 0.15) is 17.3 Å². The summed E-state index contributed by atoms with van der Waals surface area (Å²) in [5.74, 6) is 0.504. The SMILES string of the molecule is CCN1CCN(c2cc(C(=O)Nc3cccc(C(=O)OC)c3)nc(C)n2)CC1. The van der Waals surface area contributed by atoms with Crippen LogP contribution in [0.4, 0.5) is 11.5 Å². The van der Waals surface area contributed by atoms with E-state index in [9.17, 15) is 9.59 Å². The van der Waals surface area contributed by atoms with Gasteiger partial charge in [0.2, 0.25) is 0 Å². The minimum absolute atomic E-state index is 0.295. The summed E-state index contributed by atoms with van der Waals surface area (Å²) in [6.45, 7) is 8.65. The maximum Gasteiger partial charge on any atom is 0.337 e. The van der Waals surface area contributed by atoms with Crippen LogP contribution in [0.1, 0.15) is 33.6 Å². The number of likely N-dealkylation sites (N-methyl/N-ethyl adjacent to an activating group) is 1. The molecule has 1 N–H and O–H groups in total. The van der Waals surface area contributed by atoms with Crippen molar-refractivity contribution >= 4 is 23.4 Å². The standard InChI is InChI=1S/C20H25N5O3/c1-4-24-8-10-25(11-9-24)18-13-17(21-14(2)22-18)19(26)23-16-7-5-6-15(12-16)20(27)28-3/h5-7,12-13H,4,8-11H2,1-3H3,(H,23,26). The largest absolute Gasteiger partial charge is 0.465 e. The van der Waals surface area contributed by atoms with Crippen LogP contribution < -0.4 is 10.2 Å². The zero-order valence-electron chi connectivity index (χ0n) is 16.4. The van der Waals surface area contributed by atoms with Gasteiger partial charge < -0.3 is 19.9 Å². The molecule has 0 aliphatic carbocycles. The number of carbonyl (C=O) groups is 2. The van der Waals surface area contributed by atoms with Crippen LogP contribution in [0.25, 0.3) is 0 Å². The summed E-state index contributed by atoms with van der Waals surface area (Å²) < 4.78 is 4.71. The molecule has 2 heterocycles. The van der Waals surface area contributed by atoms with Gasteiger partial charge in [-0.25, -0.2) is 14.8 Å². The number of aryl methyl sites for hydroxylation is 1. The number of esters is 1. The normalized spacial score (nSPS) is 14.6. The van der Waals surface area contributed by atoms with E-state index in [1.54, 1.807) is 37.3 Å². The maximum absolute atomic E-state index is 12.7. The third kappa shape index (κ3) is 4.64. The van der Waals surface area contributed by atoms with Crippen molar-refractivity contribution in [3.8, 4) is 0 Å². The summed E-state index contributed by atoms with van der Waals surface area (Å²) in [5, 5.41) is 2.79. The molecular formula is C20H25N5O3. The molecule has 1 fully saturated rings. The molecule has 0 atom stereocenters. The predicted molar refractivity (Wildman–Crippen MR) is 107 cm³/mol. The molecule has 0 unspecified atom stereocenters. The van der Waals surface area contributed by atoms with Crippen LogP contribution in [0.15, 0.2) is 30.3 Å². The van der Waals surface area contributed by atoms with Crippen LogP contribution in [0.5, 0.6) is 0 Å². The average molecular weight is 383 g/mol. The first-order valence-electron chi connectivity index (χ1n) is 9.33. The van der Waals surface area contributed by atoms with E-state index < -0.39 is 5.97 Å². The Bertz CT molecular complexity index is 863. The van der Waals surface area contributed by atoms with Gasteiger partial charge in [-0.05, 0) is 31.7 Å². The molecule has 8 heteroatoms. The summed E-state index contributed by atoms with van der Waals surface area (Å²) in [4.78, 5) is 37.7. The van der Waals surface area contributed by atoms with E-state index in [4.69, 9.17) is 4.74 Å². The van der Waals surface area contributed by atoms with E-state index in [1.165, 1.54) is 7.11 Å². The third-order valence-electron chi connectivity index (χ3n) is 4.74. The zero-order chi connectivity index (χ0) is 20.1. The smallest absolute Gasteiger partial charge is 0.337 e. The Morgan fingerprint density at radius 3 is 2.57 bits per heavy atom. The lowest BCUT2D eigenvalue weighted by Crippen LogP contribution is -2.46. The number of piperazine rings is 1. The molecule has 1 aromatic carbocycles. The van der Waals surface area contributed by atoms with Crippen molar-refractivity contribution in [3.05, 3.63) is 47.4 Å². The molecule has 8 nitrogen and oxygen atoms in total. The highest BCUT2D eigenvalue weighted by Gasteiger charge is 2.19.